The van der Waals surface area contributed by atoms with E-state index >= 15 is 0 Å². The SMILES string of the molecule is Cc1ncccc1-c1nc2cc(Nc3cccc(N4C[C@@H]5C[C@H]4CN5C)n3)ncc2s1. The van der Waals surface area contributed by atoms with E-state index in [4.69, 9.17) is 9.97 Å². The average Bonchev–Trinajstić information content (AvgIpc) is 3.47. The molecule has 0 unspecified atom stereocenters. The topological polar surface area (TPSA) is 70.1 Å². The fourth-order valence-corrected chi connectivity index (χ4v) is 5.65. The van der Waals surface area contributed by atoms with Crippen molar-refractivity contribution in [2.45, 2.75) is 25.4 Å². The largest absolute Gasteiger partial charge is 0.351 e. The van der Waals surface area contributed by atoms with E-state index in [9.17, 15) is 0 Å². The molecule has 0 amide bonds. The molecule has 4 aromatic heterocycles. The monoisotopic (exact) mass is 429 g/mol. The van der Waals surface area contributed by atoms with Gasteiger partial charge in [-0.3, -0.25) is 9.88 Å². The summed E-state index contributed by atoms with van der Waals surface area (Å²) in [5.74, 6) is 2.59. The van der Waals surface area contributed by atoms with Gasteiger partial charge in [0.2, 0.25) is 0 Å². The van der Waals surface area contributed by atoms with Gasteiger partial charge < -0.3 is 10.2 Å². The number of likely N-dealkylation sites (tertiary alicyclic amines) is 1. The number of hydrogen-bond donors (Lipinski definition) is 1. The van der Waals surface area contributed by atoms with Crippen LogP contribution in [0.2, 0.25) is 0 Å². The number of hydrogen-bond acceptors (Lipinski definition) is 8. The predicted octanol–water partition coefficient (Wildman–Crippen LogP) is 4.09. The van der Waals surface area contributed by atoms with E-state index in [0.29, 0.717) is 12.1 Å². The molecule has 0 saturated carbocycles. The van der Waals surface area contributed by atoms with Crippen molar-refractivity contribution in [2.24, 2.45) is 0 Å². The van der Waals surface area contributed by atoms with Gasteiger partial charge in [0.05, 0.1) is 10.2 Å². The highest BCUT2D eigenvalue weighted by atomic mass is 32.1. The highest BCUT2D eigenvalue weighted by Gasteiger charge is 2.41. The molecule has 1 N–H and O–H groups in total. The van der Waals surface area contributed by atoms with E-state index in [1.165, 1.54) is 6.42 Å². The Labute approximate surface area is 184 Å². The normalized spacial score (nSPS) is 20.6. The Morgan fingerprint density at radius 2 is 1.97 bits per heavy atom. The molecule has 0 spiro atoms. The fourth-order valence-electron chi connectivity index (χ4n) is 4.66. The number of rotatable bonds is 4. The number of aromatic nitrogens is 4. The van der Waals surface area contributed by atoms with Gasteiger partial charge in [-0.25, -0.2) is 15.0 Å². The maximum absolute atomic E-state index is 4.87. The van der Waals surface area contributed by atoms with Gasteiger partial charge in [0.1, 0.15) is 22.5 Å². The molecular weight excluding hydrogens is 406 g/mol. The van der Waals surface area contributed by atoms with Crippen LogP contribution >= 0.6 is 11.3 Å². The first-order chi connectivity index (χ1) is 15.1. The van der Waals surface area contributed by atoms with Crippen molar-refractivity contribution >= 4 is 39.0 Å². The van der Waals surface area contributed by atoms with Crippen molar-refractivity contribution in [3.63, 3.8) is 0 Å². The Morgan fingerprint density at radius 3 is 2.77 bits per heavy atom. The van der Waals surface area contributed by atoms with Crippen LogP contribution in [0.5, 0.6) is 0 Å². The standard InChI is InChI=1S/C23H23N7S/c1-14-17(5-4-8-24-14)23-26-18-10-21(25-11-19(18)31-23)27-20-6-3-7-22(28-20)30-13-15-9-16(30)12-29(15)2/h3-8,10-11,15-16H,9,12-13H2,1-2H3,(H,25,27,28)/t15-,16-/m0/s1. The van der Waals surface area contributed by atoms with Gasteiger partial charge in [-0.05, 0) is 44.7 Å². The predicted molar refractivity (Wildman–Crippen MR) is 125 cm³/mol. The van der Waals surface area contributed by atoms with E-state index in [0.717, 1.165) is 57.0 Å². The van der Waals surface area contributed by atoms with Crippen LogP contribution in [0.4, 0.5) is 17.5 Å². The quantitative estimate of drug-likeness (QED) is 0.524. The van der Waals surface area contributed by atoms with Gasteiger partial charge in [-0.15, -0.1) is 11.3 Å². The van der Waals surface area contributed by atoms with Crippen LogP contribution in [0.1, 0.15) is 12.1 Å². The minimum absolute atomic E-state index is 0.566. The van der Waals surface area contributed by atoms with Crippen molar-refractivity contribution in [1.29, 1.82) is 0 Å². The minimum Gasteiger partial charge on any atom is -0.351 e. The molecular formula is C23H23N7S. The summed E-state index contributed by atoms with van der Waals surface area (Å²) in [6.45, 7) is 4.18. The van der Waals surface area contributed by atoms with E-state index < -0.39 is 0 Å². The number of piperazine rings is 1. The lowest BCUT2D eigenvalue weighted by molar-refractivity contribution is 0.292. The molecule has 7 nitrogen and oxygen atoms in total. The summed E-state index contributed by atoms with van der Waals surface area (Å²) >= 11 is 1.64. The average molecular weight is 430 g/mol. The molecule has 2 fully saturated rings. The molecule has 0 aliphatic carbocycles. The summed E-state index contributed by atoms with van der Waals surface area (Å²) in [6, 6.07) is 13.4. The molecule has 156 valence electrons. The molecule has 2 aliphatic rings. The molecule has 6 rings (SSSR count). The molecule has 6 heterocycles. The molecule has 31 heavy (non-hydrogen) atoms. The van der Waals surface area contributed by atoms with Gasteiger partial charge in [-0.2, -0.15) is 0 Å². The molecule has 2 saturated heterocycles. The highest BCUT2D eigenvalue weighted by Crippen LogP contribution is 2.34. The van der Waals surface area contributed by atoms with Gasteiger partial charge in [0.25, 0.3) is 0 Å². The molecule has 0 aromatic carbocycles. The molecule has 2 bridgehead atoms. The zero-order chi connectivity index (χ0) is 20.9. The zero-order valence-corrected chi connectivity index (χ0v) is 18.3. The van der Waals surface area contributed by atoms with Crippen LogP contribution in [0, 0.1) is 6.92 Å². The Morgan fingerprint density at radius 1 is 1.03 bits per heavy atom. The number of aryl methyl sites for hydroxylation is 1. The number of anilines is 3. The summed E-state index contributed by atoms with van der Waals surface area (Å²) in [4.78, 5) is 23.6. The number of nitrogens with one attached hydrogen (secondary N) is 1. The number of likely N-dealkylation sites (N-methyl/N-ethyl adjacent to an activating group) is 1. The lowest BCUT2D eigenvalue weighted by Gasteiger charge is -2.32. The summed E-state index contributed by atoms with van der Waals surface area (Å²) in [5.41, 5.74) is 2.98. The second kappa shape index (κ2) is 7.25. The van der Waals surface area contributed by atoms with Gasteiger partial charge >= 0.3 is 0 Å². The Kier molecular flexibility index (Phi) is 4.36. The third-order valence-corrected chi connectivity index (χ3v) is 7.35. The number of nitrogens with zero attached hydrogens (tertiary/aromatic N) is 6. The smallest absolute Gasteiger partial charge is 0.133 e. The summed E-state index contributed by atoms with van der Waals surface area (Å²) in [5, 5.41) is 4.33. The number of fused-ring (bicyclic) bond motifs is 3. The van der Waals surface area contributed by atoms with Gasteiger partial charge in [0, 0.05) is 54.9 Å². The minimum atomic E-state index is 0.566. The van der Waals surface area contributed by atoms with Crippen LogP contribution in [0.3, 0.4) is 0 Å². The first-order valence-electron chi connectivity index (χ1n) is 10.5. The maximum atomic E-state index is 4.87. The van der Waals surface area contributed by atoms with E-state index in [1.54, 1.807) is 11.3 Å². The molecule has 2 atom stereocenters. The van der Waals surface area contributed by atoms with Crippen LogP contribution in [0.25, 0.3) is 20.8 Å². The summed E-state index contributed by atoms with van der Waals surface area (Å²) in [6.07, 6.45) is 4.92. The van der Waals surface area contributed by atoms with Gasteiger partial charge in [-0.1, -0.05) is 6.07 Å². The van der Waals surface area contributed by atoms with Crippen LogP contribution in [-0.2, 0) is 0 Å². The lowest BCUT2D eigenvalue weighted by atomic mass is 10.2. The van der Waals surface area contributed by atoms with E-state index in [-0.39, 0.29) is 0 Å². The highest BCUT2D eigenvalue weighted by molar-refractivity contribution is 7.21. The van der Waals surface area contributed by atoms with Crippen molar-refractivity contribution in [2.75, 3.05) is 30.4 Å². The third kappa shape index (κ3) is 3.32. The van der Waals surface area contributed by atoms with E-state index in [1.807, 2.05) is 37.5 Å². The third-order valence-electron chi connectivity index (χ3n) is 6.31. The first kappa shape index (κ1) is 18.7. The maximum Gasteiger partial charge on any atom is 0.133 e. The van der Waals surface area contributed by atoms with Crippen molar-refractivity contribution in [1.82, 2.24) is 24.8 Å². The van der Waals surface area contributed by atoms with Crippen molar-refractivity contribution < 1.29 is 0 Å². The van der Waals surface area contributed by atoms with Crippen LogP contribution < -0.4 is 10.2 Å². The summed E-state index contributed by atoms with van der Waals surface area (Å²) < 4.78 is 1.06. The van der Waals surface area contributed by atoms with E-state index in [2.05, 4.69) is 50.3 Å². The Bertz CT molecular complexity index is 1270. The second-order valence-corrected chi connectivity index (χ2v) is 9.36. The lowest BCUT2D eigenvalue weighted by Crippen LogP contribution is -2.44. The zero-order valence-electron chi connectivity index (χ0n) is 17.5. The van der Waals surface area contributed by atoms with Crippen LogP contribution in [0.15, 0.2) is 48.8 Å². The fraction of sp³-hybridized carbons (Fsp3) is 0.304. The van der Waals surface area contributed by atoms with Crippen molar-refractivity contribution in [3.05, 3.63) is 54.5 Å². The van der Waals surface area contributed by atoms with Gasteiger partial charge in [0.15, 0.2) is 0 Å². The van der Waals surface area contributed by atoms with Crippen molar-refractivity contribution in [3.8, 4) is 10.6 Å². The van der Waals surface area contributed by atoms with Crippen LogP contribution in [-0.4, -0.2) is 57.1 Å². The Hall–Kier alpha value is -3.10. The first-order valence-corrected chi connectivity index (χ1v) is 11.4. The number of thiazole rings is 1. The molecule has 2 aliphatic heterocycles. The molecule has 0 radical (unpaired) electrons. The number of pyridine rings is 3. The molecule has 4 aromatic rings. The second-order valence-electron chi connectivity index (χ2n) is 8.33. The Balaban J connectivity index is 1.25. The summed E-state index contributed by atoms with van der Waals surface area (Å²) in [7, 11) is 2.22. The molecule has 8 heteroatoms.